The molecule has 2 heterocycles. The fourth-order valence-corrected chi connectivity index (χ4v) is 4.12. The molecule has 132 valence electrons. The van der Waals surface area contributed by atoms with Crippen LogP contribution < -0.4 is 4.90 Å². The molecule has 0 unspecified atom stereocenters. The number of carbonyl (C=O) groups is 1. The Morgan fingerprint density at radius 2 is 1.96 bits per heavy atom. The molecule has 3 rings (SSSR count). The molecule has 4 nitrogen and oxygen atoms in total. The van der Waals surface area contributed by atoms with Gasteiger partial charge in [0.25, 0.3) is 0 Å². The van der Waals surface area contributed by atoms with Crippen LogP contribution in [0.5, 0.6) is 0 Å². The molecule has 0 saturated carbocycles. The van der Waals surface area contributed by atoms with E-state index < -0.39 is 5.97 Å². The molecule has 0 fully saturated rings. The highest BCUT2D eigenvalue weighted by Gasteiger charge is 2.17. The third-order valence-electron chi connectivity index (χ3n) is 3.63. The molecule has 1 N–H and O–H groups in total. The number of carboxylic acid groups (broad SMARTS) is 1. The van der Waals surface area contributed by atoms with E-state index in [1.54, 1.807) is 22.7 Å². The molecule has 0 saturated heterocycles. The standard InChI is InChI=1S/C18H18N2O2S2.ClH/c1-13-17(14-6-3-2-4-7-14)19-18(24-13)20(10-9-16(21)22)12-15-8-5-11-23-15;/h2-8,11H,9-10,12H2,1H3,(H,21,22);1H. The maximum atomic E-state index is 11.0. The summed E-state index contributed by atoms with van der Waals surface area (Å²) >= 11 is 3.29. The van der Waals surface area contributed by atoms with Crippen molar-refractivity contribution in [1.82, 2.24) is 4.98 Å². The first-order valence-electron chi connectivity index (χ1n) is 7.65. The maximum Gasteiger partial charge on any atom is 0.305 e. The van der Waals surface area contributed by atoms with Gasteiger partial charge in [0.1, 0.15) is 0 Å². The molecule has 0 aliphatic rings. The number of hydrogen-bond donors (Lipinski definition) is 1. The average molecular weight is 395 g/mol. The van der Waals surface area contributed by atoms with Crippen molar-refractivity contribution in [2.24, 2.45) is 0 Å². The van der Waals surface area contributed by atoms with E-state index in [2.05, 4.69) is 17.9 Å². The highest BCUT2D eigenvalue weighted by Crippen LogP contribution is 2.33. The van der Waals surface area contributed by atoms with E-state index in [1.165, 1.54) is 4.88 Å². The Balaban J connectivity index is 0.00000225. The Kier molecular flexibility index (Phi) is 6.99. The molecule has 0 amide bonds. The number of nitrogens with zero attached hydrogens (tertiary/aromatic N) is 2. The summed E-state index contributed by atoms with van der Waals surface area (Å²) in [5.41, 5.74) is 2.06. The number of anilines is 1. The van der Waals surface area contributed by atoms with Crippen molar-refractivity contribution >= 4 is 46.2 Å². The van der Waals surface area contributed by atoms with E-state index in [4.69, 9.17) is 10.1 Å². The second-order valence-corrected chi connectivity index (χ2v) is 7.63. The number of aromatic nitrogens is 1. The van der Waals surface area contributed by atoms with Crippen molar-refractivity contribution in [3.8, 4) is 11.3 Å². The molecule has 0 aliphatic heterocycles. The first kappa shape index (κ1) is 19.4. The summed E-state index contributed by atoms with van der Waals surface area (Å²) in [5.74, 6) is -0.789. The van der Waals surface area contributed by atoms with Crippen LogP contribution in [0.15, 0.2) is 47.8 Å². The number of rotatable bonds is 7. The summed E-state index contributed by atoms with van der Waals surface area (Å²) < 4.78 is 0. The maximum absolute atomic E-state index is 11.0. The number of hydrogen-bond acceptors (Lipinski definition) is 5. The fraction of sp³-hybridized carbons (Fsp3) is 0.222. The molecular weight excluding hydrogens is 376 g/mol. The Morgan fingerprint density at radius 3 is 2.60 bits per heavy atom. The minimum Gasteiger partial charge on any atom is -0.481 e. The minimum absolute atomic E-state index is 0. The number of thiazole rings is 1. The van der Waals surface area contributed by atoms with Gasteiger partial charge in [-0.05, 0) is 18.4 Å². The van der Waals surface area contributed by atoms with E-state index in [-0.39, 0.29) is 18.8 Å². The molecule has 0 radical (unpaired) electrons. The normalized spacial score (nSPS) is 10.3. The Hall–Kier alpha value is -1.89. The highest BCUT2D eigenvalue weighted by molar-refractivity contribution is 7.16. The van der Waals surface area contributed by atoms with Crippen molar-refractivity contribution in [3.63, 3.8) is 0 Å². The van der Waals surface area contributed by atoms with E-state index >= 15 is 0 Å². The van der Waals surface area contributed by atoms with Gasteiger partial charge < -0.3 is 10.0 Å². The van der Waals surface area contributed by atoms with E-state index in [0.29, 0.717) is 13.1 Å². The van der Waals surface area contributed by atoms with Crippen LogP contribution in [0, 0.1) is 6.92 Å². The van der Waals surface area contributed by atoms with E-state index in [1.807, 2.05) is 41.8 Å². The van der Waals surface area contributed by atoms with Crippen LogP contribution in [0.25, 0.3) is 11.3 Å². The first-order valence-corrected chi connectivity index (χ1v) is 9.35. The Labute approximate surface area is 161 Å². The lowest BCUT2D eigenvalue weighted by atomic mass is 10.1. The molecule has 0 spiro atoms. The van der Waals surface area contributed by atoms with Gasteiger partial charge in [-0.1, -0.05) is 36.4 Å². The predicted molar refractivity (Wildman–Crippen MR) is 107 cm³/mol. The third kappa shape index (κ3) is 5.04. The third-order valence-corrected chi connectivity index (χ3v) is 5.52. The molecular formula is C18H19ClN2O2S2. The zero-order valence-electron chi connectivity index (χ0n) is 13.7. The second kappa shape index (κ2) is 8.99. The van der Waals surface area contributed by atoms with Crippen LogP contribution in [0.3, 0.4) is 0 Å². The zero-order valence-corrected chi connectivity index (χ0v) is 16.2. The van der Waals surface area contributed by atoms with Gasteiger partial charge in [-0.25, -0.2) is 4.98 Å². The van der Waals surface area contributed by atoms with Crippen LogP contribution in [-0.2, 0) is 11.3 Å². The van der Waals surface area contributed by atoms with Crippen molar-refractivity contribution in [3.05, 3.63) is 57.6 Å². The molecule has 3 aromatic rings. The zero-order chi connectivity index (χ0) is 16.9. The predicted octanol–water partition coefficient (Wildman–Crippen LogP) is 5.08. The molecule has 2 aromatic heterocycles. The molecule has 25 heavy (non-hydrogen) atoms. The fourth-order valence-electron chi connectivity index (χ4n) is 2.45. The largest absolute Gasteiger partial charge is 0.481 e. The minimum atomic E-state index is -0.789. The summed E-state index contributed by atoms with van der Waals surface area (Å²) in [4.78, 5) is 20.2. The van der Waals surface area contributed by atoms with Gasteiger partial charge in [-0.3, -0.25) is 4.79 Å². The first-order chi connectivity index (χ1) is 11.6. The lowest BCUT2D eigenvalue weighted by Crippen LogP contribution is -2.25. The SMILES string of the molecule is Cc1sc(N(CCC(=O)O)Cc2cccs2)nc1-c1ccccc1.Cl. The summed E-state index contributed by atoms with van der Waals surface area (Å²) in [6.45, 7) is 3.20. The van der Waals surface area contributed by atoms with Crippen molar-refractivity contribution in [1.29, 1.82) is 0 Å². The van der Waals surface area contributed by atoms with Crippen LogP contribution in [0.4, 0.5) is 5.13 Å². The van der Waals surface area contributed by atoms with Crippen LogP contribution >= 0.6 is 35.1 Å². The van der Waals surface area contributed by atoms with Crippen molar-refractivity contribution in [2.75, 3.05) is 11.4 Å². The highest BCUT2D eigenvalue weighted by atomic mass is 35.5. The number of aliphatic carboxylic acids is 1. The van der Waals surface area contributed by atoms with Crippen LogP contribution in [0.1, 0.15) is 16.2 Å². The lowest BCUT2D eigenvalue weighted by molar-refractivity contribution is -0.136. The van der Waals surface area contributed by atoms with E-state index in [9.17, 15) is 4.79 Å². The molecule has 1 aromatic carbocycles. The van der Waals surface area contributed by atoms with E-state index in [0.717, 1.165) is 21.3 Å². The summed E-state index contributed by atoms with van der Waals surface area (Å²) in [6.07, 6.45) is 0.102. The van der Waals surface area contributed by atoms with Gasteiger partial charge in [0.15, 0.2) is 5.13 Å². The monoisotopic (exact) mass is 394 g/mol. The van der Waals surface area contributed by atoms with Crippen molar-refractivity contribution in [2.45, 2.75) is 19.9 Å². The van der Waals surface area contributed by atoms with Gasteiger partial charge in [-0.2, -0.15) is 0 Å². The summed E-state index contributed by atoms with van der Waals surface area (Å²) in [6, 6.07) is 14.2. The second-order valence-electron chi connectivity index (χ2n) is 5.41. The number of halogens is 1. The topological polar surface area (TPSA) is 53.4 Å². The average Bonchev–Trinajstić information content (AvgIpc) is 3.21. The molecule has 0 aliphatic carbocycles. The van der Waals surface area contributed by atoms with Crippen molar-refractivity contribution < 1.29 is 9.90 Å². The van der Waals surface area contributed by atoms with Gasteiger partial charge >= 0.3 is 5.97 Å². The summed E-state index contributed by atoms with van der Waals surface area (Å²) in [5, 5.41) is 11.9. The van der Waals surface area contributed by atoms with Crippen LogP contribution in [-0.4, -0.2) is 22.6 Å². The molecule has 0 atom stereocenters. The number of benzene rings is 1. The molecule has 0 bridgehead atoms. The number of carboxylic acids is 1. The lowest BCUT2D eigenvalue weighted by Gasteiger charge is -2.20. The van der Waals surface area contributed by atoms with Gasteiger partial charge in [0.05, 0.1) is 18.7 Å². The number of thiophene rings is 1. The Morgan fingerprint density at radius 1 is 1.20 bits per heavy atom. The quantitative estimate of drug-likeness (QED) is 0.606. The van der Waals surface area contributed by atoms with Crippen LogP contribution in [0.2, 0.25) is 0 Å². The Bertz CT molecular complexity index is 804. The summed E-state index contributed by atoms with van der Waals surface area (Å²) in [7, 11) is 0. The van der Waals surface area contributed by atoms with Gasteiger partial charge in [0.2, 0.25) is 0 Å². The van der Waals surface area contributed by atoms with Gasteiger partial charge in [-0.15, -0.1) is 35.1 Å². The number of aryl methyl sites for hydroxylation is 1. The molecule has 7 heteroatoms. The van der Waals surface area contributed by atoms with Gasteiger partial charge in [0, 0.05) is 21.9 Å². The smallest absolute Gasteiger partial charge is 0.305 e.